The van der Waals surface area contributed by atoms with Gasteiger partial charge in [-0.25, -0.2) is 0 Å². The number of hydrogen-bond donors (Lipinski definition) is 0. The Morgan fingerprint density at radius 1 is 0.281 bits per heavy atom. The standard InChI is InChI=1S/2C25H19NS2.Mg/c2*27-25(28)26(23-17-9-7-15-21(23)19-11-3-1-4-12-19)24-18-10-8-16-22(24)20-13-5-2-6-14-20;/h2*1-18H,(H,27,28);/q;;+2/p-2. The molecule has 8 rings (SSSR count). The Morgan fingerprint density at radius 3 is 0.649 bits per heavy atom. The molecule has 0 aromatic heterocycles. The Hall–Kier alpha value is -5.25. The topological polar surface area (TPSA) is 6.48 Å². The first-order chi connectivity index (χ1) is 27.5. The Bertz CT molecular complexity index is 2200. The van der Waals surface area contributed by atoms with Crippen molar-refractivity contribution in [1.82, 2.24) is 0 Å². The van der Waals surface area contributed by atoms with Crippen molar-refractivity contribution in [3.8, 4) is 44.5 Å². The molecule has 0 aliphatic rings. The molecule has 0 saturated heterocycles. The monoisotopic (exact) mass is 816 g/mol. The normalized spacial score (nSPS) is 10.2. The van der Waals surface area contributed by atoms with Gasteiger partial charge >= 0.3 is 23.1 Å². The van der Waals surface area contributed by atoms with E-state index in [4.69, 9.17) is 49.7 Å². The number of thiocarbonyl (C=S) groups is 2. The number of para-hydroxylation sites is 4. The largest absolute Gasteiger partial charge is 2.00 e. The van der Waals surface area contributed by atoms with Crippen molar-refractivity contribution in [2.45, 2.75) is 0 Å². The molecule has 0 N–H and O–H groups in total. The van der Waals surface area contributed by atoms with Gasteiger partial charge in [-0.15, -0.1) is 0 Å². The van der Waals surface area contributed by atoms with E-state index in [0.29, 0.717) is 8.64 Å². The molecule has 0 aliphatic heterocycles. The summed E-state index contributed by atoms with van der Waals surface area (Å²) in [6.07, 6.45) is 0. The Kier molecular flexibility index (Phi) is 14.7. The molecule has 0 radical (unpaired) electrons. The molecule has 0 fully saturated rings. The molecular weight excluding hydrogens is 781 g/mol. The van der Waals surface area contributed by atoms with E-state index in [-0.39, 0.29) is 23.1 Å². The number of anilines is 4. The fourth-order valence-corrected chi connectivity index (χ4v) is 7.56. The van der Waals surface area contributed by atoms with Crippen molar-refractivity contribution in [2.24, 2.45) is 0 Å². The SMILES string of the molecule is S=C([S-])N(c1ccccc1-c1ccccc1)c1ccccc1-c1ccccc1.S=C([S-])N(c1ccccc1-c1ccccc1)c1ccccc1-c1ccccc1.[Mg+2]. The zero-order chi connectivity index (χ0) is 38.7. The van der Waals surface area contributed by atoms with Crippen LogP contribution in [0.25, 0.3) is 44.5 Å². The third-order valence-corrected chi connectivity index (χ3v) is 10.0. The van der Waals surface area contributed by atoms with E-state index in [9.17, 15) is 0 Å². The fourth-order valence-electron chi connectivity index (χ4n) is 6.77. The van der Waals surface area contributed by atoms with Gasteiger partial charge in [-0.05, 0) is 46.5 Å². The summed E-state index contributed by atoms with van der Waals surface area (Å²) in [7, 11) is 0. The molecular formula is C50H36MgN2S4. The third-order valence-electron chi connectivity index (χ3n) is 9.28. The zero-order valence-corrected chi connectivity index (χ0v) is 35.7. The van der Waals surface area contributed by atoms with Crippen molar-refractivity contribution >= 4 is 104 Å². The minimum Gasteiger partial charge on any atom is -0.411 e. The van der Waals surface area contributed by atoms with Gasteiger partial charge in [-0.3, -0.25) is 0 Å². The second-order valence-electron chi connectivity index (χ2n) is 12.7. The molecule has 0 atom stereocenters. The van der Waals surface area contributed by atoms with Crippen LogP contribution in [0.1, 0.15) is 0 Å². The Labute approximate surface area is 373 Å². The molecule has 0 bridgehead atoms. The average molecular weight is 817 g/mol. The van der Waals surface area contributed by atoms with Crippen LogP contribution in [0.15, 0.2) is 218 Å². The number of benzene rings is 8. The molecule has 0 aliphatic carbocycles. The van der Waals surface area contributed by atoms with E-state index in [1.54, 1.807) is 0 Å². The van der Waals surface area contributed by atoms with Crippen LogP contribution in [0.5, 0.6) is 0 Å². The smallest absolute Gasteiger partial charge is 0.411 e. The summed E-state index contributed by atoms with van der Waals surface area (Å²) < 4.78 is 0.790. The number of rotatable bonds is 8. The summed E-state index contributed by atoms with van der Waals surface area (Å²) in [6, 6.07) is 74.2. The quantitative estimate of drug-likeness (QED) is 0.0850. The fraction of sp³-hybridized carbons (Fsp3) is 0. The molecule has 0 unspecified atom stereocenters. The van der Waals surface area contributed by atoms with E-state index < -0.39 is 0 Å². The van der Waals surface area contributed by atoms with Gasteiger partial charge in [0.2, 0.25) is 0 Å². The molecule has 272 valence electrons. The summed E-state index contributed by atoms with van der Waals surface area (Å²) in [4.78, 5) is 3.99. The Morgan fingerprint density at radius 2 is 0.456 bits per heavy atom. The van der Waals surface area contributed by atoms with Crippen molar-refractivity contribution in [3.05, 3.63) is 218 Å². The maximum absolute atomic E-state index is 5.54. The molecule has 0 saturated carbocycles. The van der Waals surface area contributed by atoms with Gasteiger partial charge in [0, 0.05) is 22.3 Å². The van der Waals surface area contributed by atoms with Crippen molar-refractivity contribution in [1.29, 1.82) is 0 Å². The van der Waals surface area contributed by atoms with E-state index in [0.717, 1.165) is 67.3 Å². The van der Waals surface area contributed by atoms with Gasteiger partial charge in [0.15, 0.2) is 0 Å². The molecule has 8 aromatic rings. The van der Waals surface area contributed by atoms with Crippen LogP contribution in [0.4, 0.5) is 22.7 Å². The predicted molar refractivity (Wildman–Crippen MR) is 257 cm³/mol. The van der Waals surface area contributed by atoms with Gasteiger partial charge < -0.3 is 59.5 Å². The summed E-state index contributed by atoms with van der Waals surface area (Å²) in [5, 5.41) is 0. The third kappa shape index (κ3) is 9.83. The number of nitrogens with zero attached hydrogens (tertiary/aromatic N) is 2. The van der Waals surface area contributed by atoms with E-state index in [2.05, 4.69) is 97.1 Å². The molecule has 7 heteroatoms. The van der Waals surface area contributed by atoms with E-state index in [1.807, 2.05) is 131 Å². The summed E-state index contributed by atoms with van der Waals surface area (Å²) in [5.41, 5.74) is 12.8. The maximum atomic E-state index is 5.54. The van der Waals surface area contributed by atoms with Crippen LogP contribution in [0.3, 0.4) is 0 Å². The minimum absolute atomic E-state index is 0. The first-order valence-electron chi connectivity index (χ1n) is 18.1. The minimum atomic E-state index is 0. The van der Waals surface area contributed by atoms with Crippen molar-refractivity contribution in [3.63, 3.8) is 0 Å². The molecule has 57 heavy (non-hydrogen) atoms. The molecule has 0 spiro atoms. The van der Waals surface area contributed by atoms with Gasteiger partial charge in [0.25, 0.3) is 0 Å². The second kappa shape index (κ2) is 20.3. The summed E-state index contributed by atoms with van der Waals surface area (Å²) in [5.74, 6) is 0. The average Bonchev–Trinajstić information content (AvgIpc) is 3.26. The van der Waals surface area contributed by atoms with Crippen LogP contribution in [-0.4, -0.2) is 31.7 Å². The molecule has 0 heterocycles. The first-order valence-corrected chi connectivity index (χ1v) is 19.7. The van der Waals surface area contributed by atoms with Crippen LogP contribution in [-0.2, 0) is 25.3 Å². The molecule has 8 aromatic carbocycles. The molecule has 0 amide bonds. The van der Waals surface area contributed by atoms with E-state index >= 15 is 0 Å². The van der Waals surface area contributed by atoms with Crippen molar-refractivity contribution < 1.29 is 0 Å². The zero-order valence-electron chi connectivity index (χ0n) is 31.0. The van der Waals surface area contributed by atoms with Gasteiger partial charge in [-0.1, -0.05) is 203 Å². The van der Waals surface area contributed by atoms with E-state index in [1.165, 1.54) is 0 Å². The van der Waals surface area contributed by atoms with Crippen LogP contribution in [0.2, 0.25) is 0 Å². The van der Waals surface area contributed by atoms with Gasteiger partial charge in [-0.2, -0.15) is 0 Å². The van der Waals surface area contributed by atoms with Crippen LogP contribution in [0, 0.1) is 0 Å². The second-order valence-corrected chi connectivity index (χ2v) is 14.8. The predicted octanol–water partition coefficient (Wildman–Crippen LogP) is 13.6. The summed E-state index contributed by atoms with van der Waals surface area (Å²) >= 11 is 22.2. The van der Waals surface area contributed by atoms with Gasteiger partial charge in [0.05, 0.1) is 22.7 Å². The van der Waals surface area contributed by atoms with Gasteiger partial charge in [0.1, 0.15) is 0 Å². The number of hydrogen-bond acceptors (Lipinski definition) is 4. The van der Waals surface area contributed by atoms with Crippen LogP contribution >= 0.6 is 24.4 Å². The molecule has 2 nitrogen and oxygen atoms in total. The first kappa shape index (κ1) is 41.4. The Balaban J connectivity index is 0.000000189. The maximum Gasteiger partial charge on any atom is 2.00 e. The summed E-state index contributed by atoms with van der Waals surface area (Å²) in [6.45, 7) is 0. The van der Waals surface area contributed by atoms with Crippen molar-refractivity contribution in [2.75, 3.05) is 9.80 Å². The van der Waals surface area contributed by atoms with Crippen LogP contribution < -0.4 is 9.80 Å².